The molecule has 0 atom stereocenters. The lowest BCUT2D eigenvalue weighted by molar-refractivity contribution is 0.104. The Hall–Kier alpha value is -2.59. The van der Waals surface area contributed by atoms with E-state index >= 15 is 0 Å². The van der Waals surface area contributed by atoms with Crippen molar-refractivity contribution < 1.29 is 9.90 Å². The number of rotatable bonds is 5. The molecule has 1 aliphatic rings. The van der Waals surface area contributed by atoms with Crippen LogP contribution in [0.25, 0.3) is 6.08 Å². The number of aliphatic hydroxyl groups excluding tert-OH is 1. The summed E-state index contributed by atoms with van der Waals surface area (Å²) in [5, 5.41) is 9.34. The Morgan fingerprint density at radius 1 is 1.08 bits per heavy atom. The van der Waals surface area contributed by atoms with Gasteiger partial charge in [-0.25, -0.2) is 0 Å². The summed E-state index contributed by atoms with van der Waals surface area (Å²) < 4.78 is 0. The van der Waals surface area contributed by atoms with Crippen molar-refractivity contribution in [2.24, 2.45) is 0 Å². The number of carbonyl (C=O) groups is 1. The Morgan fingerprint density at radius 3 is 2.25 bits per heavy atom. The number of ketones is 1. The van der Waals surface area contributed by atoms with E-state index in [0.29, 0.717) is 18.7 Å². The summed E-state index contributed by atoms with van der Waals surface area (Å²) in [5.74, 6) is -0.0121. The third kappa shape index (κ3) is 3.66. The molecule has 0 unspecified atom stereocenters. The number of nitrogens with zero attached hydrogens (tertiary/aromatic N) is 2. The second-order valence-electron chi connectivity index (χ2n) is 6.29. The molecule has 0 amide bonds. The first-order chi connectivity index (χ1) is 11.5. The molecule has 0 spiro atoms. The van der Waals surface area contributed by atoms with Crippen molar-refractivity contribution in [1.82, 2.24) is 0 Å². The minimum Gasteiger partial charge on any atom is -0.389 e. The maximum atomic E-state index is 12.3. The smallest absolute Gasteiger partial charge is 0.185 e. The van der Waals surface area contributed by atoms with Crippen molar-refractivity contribution in [2.75, 3.05) is 37.0 Å². The van der Waals surface area contributed by atoms with E-state index in [2.05, 4.69) is 4.90 Å². The van der Waals surface area contributed by atoms with Gasteiger partial charge in [0.2, 0.25) is 0 Å². The first-order valence-corrected chi connectivity index (χ1v) is 8.06. The number of benzene rings is 2. The highest BCUT2D eigenvalue weighted by Crippen LogP contribution is 2.21. The number of allylic oxidation sites excluding steroid dienone is 1. The average Bonchev–Trinajstić information content (AvgIpc) is 2.57. The van der Waals surface area contributed by atoms with Gasteiger partial charge in [-0.05, 0) is 48.0 Å². The molecule has 2 aromatic carbocycles. The largest absolute Gasteiger partial charge is 0.389 e. The van der Waals surface area contributed by atoms with Crippen LogP contribution in [-0.4, -0.2) is 44.2 Å². The summed E-state index contributed by atoms with van der Waals surface area (Å²) in [6.45, 7) is 1.33. The number of anilines is 2. The average molecular weight is 322 g/mol. The van der Waals surface area contributed by atoms with Gasteiger partial charge in [-0.1, -0.05) is 18.2 Å². The molecule has 4 heteroatoms. The molecule has 1 saturated heterocycles. The predicted molar refractivity (Wildman–Crippen MR) is 98.8 cm³/mol. The quantitative estimate of drug-likeness (QED) is 0.679. The molecule has 1 aliphatic heterocycles. The van der Waals surface area contributed by atoms with Crippen molar-refractivity contribution in [3.63, 3.8) is 0 Å². The number of hydrogen-bond donors (Lipinski definition) is 1. The van der Waals surface area contributed by atoms with Crippen LogP contribution >= 0.6 is 0 Å². The van der Waals surface area contributed by atoms with E-state index in [-0.39, 0.29) is 11.9 Å². The predicted octanol–water partition coefficient (Wildman–Crippen LogP) is 2.83. The van der Waals surface area contributed by atoms with Crippen LogP contribution in [0.4, 0.5) is 11.4 Å². The Morgan fingerprint density at radius 2 is 1.71 bits per heavy atom. The summed E-state index contributed by atoms with van der Waals surface area (Å²) in [6, 6.07) is 15.6. The minimum atomic E-state index is -0.229. The van der Waals surface area contributed by atoms with Gasteiger partial charge in [0.15, 0.2) is 5.78 Å². The summed E-state index contributed by atoms with van der Waals surface area (Å²) in [7, 11) is 4.00. The molecule has 2 aromatic rings. The van der Waals surface area contributed by atoms with Crippen molar-refractivity contribution in [2.45, 2.75) is 6.10 Å². The van der Waals surface area contributed by atoms with Crippen molar-refractivity contribution in [1.29, 1.82) is 0 Å². The molecule has 4 nitrogen and oxygen atoms in total. The third-order valence-corrected chi connectivity index (χ3v) is 4.22. The Kier molecular flexibility index (Phi) is 4.67. The molecule has 1 heterocycles. The van der Waals surface area contributed by atoms with Crippen molar-refractivity contribution in [3.8, 4) is 0 Å². The highest BCUT2D eigenvalue weighted by Gasteiger charge is 2.24. The van der Waals surface area contributed by atoms with Gasteiger partial charge in [-0.15, -0.1) is 0 Å². The monoisotopic (exact) mass is 322 g/mol. The lowest BCUT2D eigenvalue weighted by atomic mass is 10.1. The molecule has 24 heavy (non-hydrogen) atoms. The minimum absolute atomic E-state index is 0.0121. The Balaban J connectivity index is 1.63. The molecular formula is C20H22N2O2. The van der Waals surface area contributed by atoms with Gasteiger partial charge in [0.25, 0.3) is 0 Å². The summed E-state index contributed by atoms with van der Waals surface area (Å²) in [5.41, 5.74) is 3.84. The molecule has 0 bridgehead atoms. The number of aliphatic hydroxyl groups is 1. The van der Waals surface area contributed by atoms with E-state index in [1.165, 1.54) is 0 Å². The molecule has 1 fully saturated rings. The van der Waals surface area contributed by atoms with Crippen molar-refractivity contribution >= 4 is 23.2 Å². The van der Waals surface area contributed by atoms with E-state index in [1.54, 1.807) is 6.08 Å². The van der Waals surface area contributed by atoms with Crippen LogP contribution in [0.1, 0.15) is 15.9 Å². The van der Waals surface area contributed by atoms with Crippen LogP contribution in [0.3, 0.4) is 0 Å². The van der Waals surface area contributed by atoms with Gasteiger partial charge in [-0.2, -0.15) is 0 Å². The van der Waals surface area contributed by atoms with Crippen LogP contribution in [0.2, 0.25) is 0 Å². The van der Waals surface area contributed by atoms with Gasteiger partial charge in [0.05, 0.1) is 6.10 Å². The molecule has 0 radical (unpaired) electrons. The highest BCUT2D eigenvalue weighted by molar-refractivity contribution is 6.07. The number of hydrogen-bond acceptors (Lipinski definition) is 4. The fourth-order valence-corrected chi connectivity index (χ4v) is 2.65. The third-order valence-electron chi connectivity index (χ3n) is 4.22. The van der Waals surface area contributed by atoms with Crippen LogP contribution in [0.5, 0.6) is 0 Å². The Bertz CT molecular complexity index is 727. The first-order valence-electron chi connectivity index (χ1n) is 8.06. The summed E-state index contributed by atoms with van der Waals surface area (Å²) >= 11 is 0. The number of β-amino-alcohol motifs (C(OH)–C–C–N with tert-alkyl or cyclic N) is 1. The standard InChI is InChI=1S/C20H22N2O2/c1-21(2)17-8-3-15(4-9-17)5-12-20(24)16-6-10-18(11-7-16)22-13-19(23)14-22/h3-12,19,23H,13-14H2,1-2H3/b12-5+. The van der Waals surface area contributed by atoms with Crippen LogP contribution in [0.15, 0.2) is 54.6 Å². The second kappa shape index (κ2) is 6.89. The first kappa shape index (κ1) is 16.3. The summed E-state index contributed by atoms with van der Waals surface area (Å²) in [4.78, 5) is 16.4. The van der Waals surface area contributed by atoms with Crippen LogP contribution in [-0.2, 0) is 0 Å². The topological polar surface area (TPSA) is 43.8 Å². The second-order valence-corrected chi connectivity index (χ2v) is 6.29. The zero-order valence-corrected chi connectivity index (χ0v) is 14.0. The highest BCUT2D eigenvalue weighted by atomic mass is 16.3. The zero-order chi connectivity index (χ0) is 17.1. The molecular weight excluding hydrogens is 300 g/mol. The van der Waals surface area contributed by atoms with Crippen molar-refractivity contribution in [3.05, 3.63) is 65.7 Å². The molecule has 0 aromatic heterocycles. The molecule has 0 aliphatic carbocycles. The lowest BCUT2D eigenvalue weighted by Crippen LogP contribution is -2.50. The number of carbonyl (C=O) groups excluding carboxylic acids is 1. The lowest BCUT2D eigenvalue weighted by Gasteiger charge is -2.37. The maximum absolute atomic E-state index is 12.3. The normalized spacial score (nSPS) is 14.7. The summed E-state index contributed by atoms with van der Waals surface area (Å²) in [6.07, 6.45) is 3.21. The molecule has 1 N–H and O–H groups in total. The molecule has 3 rings (SSSR count). The van der Waals surface area contributed by atoms with E-state index in [4.69, 9.17) is 0 Å². The fourth-order valence-electron chi connectivity index (χ4n) is 2.65. The van der Waals surface area contributed by atoms with Crippen LogP contribution in [0, 0.1) is 0 Å². The molecule has 124 valence electrons. The molecule has 0 saturated carbocycles. The Labute approximate surface area is 142 Å². The van der Waals surface area contributed by atoms with Gasteiger partial charge in [-0.3, -0.25) is 4.79 Å². The van der Waals surface area contributed by atoms with Gasteiger partial charge in [0, 0.05) is 44.1 Å². The van der Waals surface area contributed by atoms with Gasteiger partial charge in [0.1, 0.15) is 0 Å². The zero-order valence-electron chi connectivity index (χ0n) is 14.0. The van der Waals surface area contributed by atoms with Gasteiger partial charge < -0.3 is 14.9 Å². The van der Waals surface area contributed by atoms with E-state index in [9.17, 15) is 9.90 Å². The van der Waals surface area contributed by atoms with E-state index in [1.807, 2.05) is 73.6 Å². The van der Waals surface area contributed by atoms with Gasteiger partial charge >= 0.3 is 0 Å². The maximum Gasteiger partial charge on any atom is 0.185 e. The fraction of sp³-hybridized carbons (Fsp3) is 0.250. The van der Waals surface area contributed by atoms with E-state index < -0.39 is 0 Å². The van der Waals surface area contributed by atoms with Crippen LogP contribution < -0.4 is 9.80 Å². The van der Waals surface area contributed by atoms with E-state index in [0.717, 1.165) is 16.9 Å². The SMILES string of the molecule is CN(C)c1ccc(/C=C/C(=O)c2ccc(N3CC(O)C3)cc2)cc1.